The molecule has 2 atom stereocenters. The van der Waals surface area contributed by atoms with E-state index in [4.69, 9.17) is 0 Å². The fourth-order valence-corrected chi connectivity index (χ4v) is 3.93. The van der Waals surface area contributed by atoms with Gasteiger partial charge in [-0.15, -0.1) is 0 Å². The van der Waals surface area contributed by atoms with Crippen molar-refractivity contribution in [1.82, 2.24) is 10.6 Å². The summed E-state index contributed by atoms with van der Waals surface area (Å²) in [6.07, 6.45) is 2.09. The predicted octanol–water partition coefficient (Wildman–Crippen LogP) is 2.19. The van der Waals surface area contributed by atoms with Crippen molar-refractivity contribution in [2.45, 2.75) is 31.3 Å². The van der Waals surface area contributed by atoms with Crippen LogP contribution in [-0.2, 0) is 16.0 Å². The average Bonchev–Trinajstić information content (AvgIpc) is 3.07. The summed E-state index contributed by atoms with van der Waals surface area (Å²) in [5.74, 6) is 0.0432. The lowest BCUT2D eigenvalue weighted by molar-refractivity contribution is -0.126. The summed E-state index contributed by atoms with van der Waals surface area (Å²) < 4.78 is 0. The third kappa shape index (κ3) is 3.43. The summed E-state index contributed by atoms with van der Waals surface area (Å²) >= 11 is 0. The van der Waals surface area contributed by atoms with Crippen LogP contribution >= 0.6 is 0 Å². The second-order valence-corrected chi connectivity index (χ2v) is 6.97. The molecule has 0 saturated carbocycles. The summed E-state index contributed by atoms with van der Waals surface area (Å²) in [5, 5.41) is 6.18. The van der Waals surface area contributed by atoms with Crippen LogP contribution in [0.1, 0.15) is 30.0 Å². The van der Waals surface area contributed by atoms with Gasteiger partial charge >= 0.3 is 0 Å². The van der Waals surface area contributed by atoms with Gasteiger partial charge in [0, 0.05) is 18.7 Å². The van der Waals surface area contributed by atoms with E-state index in [9.17, 15) is 9.59 Å². The van der Waals surface area contributed by atoms with Gasteiger partial charge in [0.15, 0.2) is 0 Å². The van der Waals surface area contributed by atoms with Gasteiger partial charge in [-0.1, -0.05) is 48.5 Å². The van der Waals surface area contributed by atoms with Crippen molar-refractivity contribution < 1.29 is 9.59 Å². The number of benzene rings is 2. The van der Waals surface area contributed by atoms with E-state index in [-0.39, 0.29) is 23.9 Å². The Morgan fingerprint density at radius 1 is 1.08 bits per heavy atom. The largest absolute Gasteiger partial charge is 0.362 e. The number of amides is 2. The van der Waals surface area contributed by atoms with Gasteiger partial charge in [0.05, 0.1) is 18.6 Å². The average molecular weight is 349 g/mol. The molecule has 2 aliphatic rings. The molecule has 26 heavy (non-hydrogen) atoms. The van der Waals surface area contributed by atoms with E-state index in [1.54, 1.807) is 0 Å². The molecule has 2 aromatic carbocycles. The first kappa shape index (κ1) is 16.6. The van der Waals surface area contributed by atoms with Gasteiger partial charge in [-0.05, 0) is 30.0 Å². The highest BCUT2D eigenvalue weighted by molar-refractivity contribution is 5.83. The fraction of sp³-hybridized carbons (Fsp3) is 0.333. The van der Waals surface area contributed by atoms with Crippen molar-refractivity contribution >= 4 is 17.5 Å². The van der Waals surface area contributed by atoms with Crippen LogP contribution in [0, 0.1) is 0 Å². The lowest BCUT2D eigenvalue weighted by Gasteiger charge is -2.33. The van der Waals surface area contributed by atoms with Crippen molar-refractivity contribution in [3.63, 3.8) is 0 Å². The quantitative estimate of drug-likeness (QED) is 0.889. The Bertz CT molecular complexity index is 806. The van der Waals surface area contributed by atoms with Crippen LogP contribution in [0.3, 0.4) is 0 Å². The maximum Gasteiger partial charge on any atom is 0.239 e. The van der Waals surface area contributed by atoms with E-state index in [0.717, 1.165) is 24.2 Å². The summed E-state index contributed by atoms with van der Waals surface area (Å²) in [7, 11) is 0. The molecule has 0 radical (unpaired) electrons. The Morgan fingerprint density at radius 2 is 1.85 bits per heavy atom. The van der Waals surface area contributed by atoms with Gasteiger partial charge < -0.3 is 15.5 Å². The topological polar surface area (TPSA) is 61.4 Å². The molecular formula is C21H23N3O2. The molecule has 2 N–H and O–H groups in total. The number of para-hydroxylation sites is 1. The molecule has 1 saturated heterocycles. The second-order valence-electron chi connectivity index (χ2n) is 6.97. The van der Waals surface area contributed by atoms with Crippen LogP contribution in [-0.4, -0.2) is 30.9 Å². The maximum atomic E-state index is 12.7. The van der Waals surface area contributed by atoms with Gasteiger partial charge in [0.25, 0.3) is 0 Å². The molecule has 134 valence electrons. The van der Waals surface area contributed by atoms with Gasteiger partial charge in [0.2, 0.25) is 11.8 Å². The first-order valence-electron chi connectivity index (χ1n) is 9.17. The first-order valence-corrected chi connectivity index (χ1v) is 9.17. The number of hydrogen-bond donors (Lipinski definition) is 2. The number of fused-ring (bicyclic) bond motifs is 1. The Balaban J connectivity index is 1.44. The predicted molar refractivity (Wildman–Crippen MR) is 101 cm³/mol. The summed E-state index contributed by atoms with van der Waals surface area (Å²) in [5.41, 5.74) is 3.48. The second kappa shape index (κ2) is 7.20. The third-order valence-electron chi connectivity index (χ3n) is 5.22. The molecule has 0 bridgehead atoms. The number of piperidine rings is 1. The molecule has 4 rings (SSSR count). The molecule has 0 spiro atoms. The van der Waals surface area contributed by atoms with E-state index in [1.807, 2.05) is 42.5 Å². The standard InChI is InChI=1S/C21H23N3O2/c25-19-11-10-17(21(23-19)16-7-2-1-3-8-16)22-20(26)14-24-13-12-15-6-4-5-9-18(15)24/h1-9,17,21H,10-14H2,(H,22,26)(H,23,25). The van der Waals surface area contributed by atoms with Crippen molar-refractivity contribution in [3.8, 4) is 0 Å². The fourth-order valence-electron chi connectivity index (χ4n) is 3.93. The highest BCUT2D eigenvalue weighted by Gasteiger charge is 2.31. The van der Waals surface area contributed by atoms with Crippen LogP contribution in [0.4, 0.5) is 5.69 Å². The van der Waals surface area contributed by atoms with Gasteiger partial charge in [-0.3, -0.25) is 9.59 Å². The maximum absolute atomic E-state index is 12.7. The highest BCUT2D eigenvalue weighted by Crippen LogP contribution is 2.27. The molecule has 5 heteroatoms. The van der Waals surface area contributed by atoms with E-state index < -0.39 is 0 Å². The molecule has 0 aliphatic carbocycles. The molecule has 5 nitrogen and oxygen atoms in total. The SMILES string of the molecule is O=C(CN1CCc2ccccc21)NC1CCC(=O)NC1c1ccccc1. The lowest BCUT2D eigenvalue weighted by Crippen LogP contribution is -2.52. The number of nitrogens with zero attached hydrogens (tertiary/aromatic N) is 1. The van der Waals surface area contributed by atoms with Crippen molar-refractivity contribution in [2.75, 3.05) is 18.0 Å². The third-order valence-corrected chi connectivity index (χ3v) is 5.22. The Labute approximate surface area is 153 Å². The molecule has 2 aromatic rings. The Hall–Kier alpha value is -2.82. The van der Waals surface area contributed by atoms with Crippen LogP contribution in [0.15, 0.2) is 54.6 Å². The lowest BCUT2D eigenvalue weighted by atomic mass is 9.92. The molecule has 2 amide bonds. The molecule has 0 aromatic heterocycles. The highest BCUT2D eigenvalue weighted by atomic mass is 16.2. The monoisotopic (exact) mass is 349 g/mol. The normalized spacial score (nSPS) is 21.8. The number of anilines is 1. The van der Waals surface area contributed by atoms with E-state index in [1.165, 1.54) is 5.56 Å². The van der Waals surface area contributed by atoms with Crippen LogP contribution < -0.4 is 15.5 Å². The van der Waals surface area contributed by atoms with E-state index >= 15 is 0 Å². The van der Waals surface area contributed by atoms with Gasteiger partial charge in [-0.25, -0.2) is 0 Å². The van der Waals surface area contributed by atoms with Crippen LogP contribution in [0.25, 0.3) is 0 Å². The minimum absolute atomic E-state index is 0.00350. The zero-order valence-electron chi connectivity index (χ0n) is 14.7. The van der Waals surface area contributed by atoms with Gasteiger partial charge in [0.1, 0.15) is 0 Å². The van der Waals surface area contributed by atoms with Gasteiger partial charge in [-0.2, -0.15) is 0 Å². The van der Waals surface area contributed by atoms with Crippen LogP contribution in [0.5, 0.6) is 0 Å². The van der Waals surface area contributed by atoms with Crippen LogP contribution in [0.2, 0.25) is 0 Å². The minimum atomic E-state index is -0.174. The number of carbonyl (C=O) groups excluding carboxylic acids is 2. The first-order chi connectivity index (χ1) is 12.7. The molecule has 2 unspecified atom stereocenters. The number of nitrogens with one attached hydrogen (secondary N) is 2. The molecule has 1 fully saturated rings. The smallest absolute Gasteiger partial charge is 0.239 e. The summed E-state index contributed by atoms with van der Waals surface area (Å²) in [6.45, 7) is 1.22. The Kier molecular flexibility index (Phi) is 4.61. The minimum Gasteiger partial charge on any atom is -0.362 e. The molecule has 2 aliphatic heterocycles. The number of carbonyl (C=O) groups is 2. The zero-order chi connectivity index (χ0) is 17.9. The van der Waals surface area contributed by atoms with Crippen molar-refractivity contribution in [3.05, 3.63) is 65.7 Å². The van der Waals surface area contributed by atoms with E-state index in [0.29, 0.717) is 19.4 Å². The van der Waals surface area contributed by atoms with E-state index in [2.05, 4.69) is 27.7 Å². The van der Waals surface area contributed by atoms with Crippen molar-refractivity contribution in [1.29, 1.82) is 0 Å². The molecule has 2 heterocycles. The summed E-state index contributed by atoms with van der Waals surface area (Å²) in [4.78, 5) is 26.7. The van der Waals surface area contributed by atoms with Crippen molar-refractivity contribution in [2.24, 2.45) is 0 Å². The number of rotatable bonds is 4. The Morgan fingerprint density at radius 3 is 2.69 bits per heavy atom. The summed E-state index contributed by atoms with van der Waals surface area (Å²) in [6, 6.07) is 17.8. The zero-order valence-corrected chi connectivity index (χ0v) is 14.7. The molecular weight excluding hydrogens is 326 g/mol. The number of hydrogen-bond acceptors (Lipinski definition) is 3.